The molecule has 0 unspecified atom stereocenters. The molecule has 0 fully saturated rings. The summed E-state index contributed by atoms with van der Waals surface area (Å²) in [4.78, 5) is 26.2. The molecular weight excluding hydrogens is 338 g/mol. The number of nitrogens with one attached hydrogen (secondary N) is 2. The van der Waals surface area contributed by atoms with Gasteiger partial charge in [0.1, 0.15) is 5.69 Å². The lowest BCUT2D eigenvalue weighted by molar-refractivity contribution is 0.0690. The zero-order valence-corrected chi connectivity index (χ0v) is 12.4. The second kappa shape index (κ2) is 6.85. The lowest BCUT2D eigenvalue weighted by Crippen LogP contribution is -2.28. The number of carboxylic acids is 1. The van der Waals surface area contributed by atoms with Gasteiger partial charge in [-0.05, 0) is 29.8 Å². The first-order chi connectivity index (χ1) is 10.0. The first-order valence-corrected chi connectivity index (χ1v) is 6.82. The maximum absolute atomic E-state index is 11.7. The summed E-state index contributed by atoms with van der Waals surface area (Å²) in [5.74, 6) is -1.08. The van der Waals surface area contributed by atoms with Crippen molar-refractivity contribution in [3.63, 3.8) is 0 Å². The highest BCUT2D eigenvalue weighted by molar-refractivity contribution is 9.10. The number of anilines is 1. The molecule has 21 heavy (non-hydrogen) atoms. The van der Waals surface area contributed by atoms with Crippen LogP contribution in [0.5, 0.6) is 0 Å². The topological polar surface area (TPSA) is 91.3 Å². The molecule has 0 spiro atoms. The predicted molar refractivity (Wildman–Crippen MR) is 81.2 cm³/mol. The first-order valence-electron chi connectivity index (χ1n) is 6.03. The maximum atomic E-state index is 11.7. The van der Waals surface area contributed by atoms with Crippen LogP contribution in [-0.4, -0.2) is 22.1 Å². The number of carbonyl (C=O) groups excluding carboxylic acids is 1. The van der Waals surface area contributed by atoms with E-state index in [1.54, 1.807) is 18.2 Å². The standard InChI is InChI=1S/C14H12BrN3O3/c15-10-2-1-3-11(6-10)18-14(21)17-8-9-4-5-12(13(19)20)16-7-9/h1-7H,8H2,(H,19,20)(H2,17,18,21). The second-order valence-corrected chi connectivity index (χ2v) is 5.09. The van der Waals surface area contributed by atoms with E-state index in [1.165, 1.54) is 12.3 Å². The molecule has 7 heteroatoms. The van der Waals surface area contributed by atoms with Gasteiger partial charge >= 0.3 is 12.0 Å². The van der Waals surface area contributed by atoms with Crippen LogP contribution in [0.25, 0.3) is 0 Å². The summed E-state index contributed by atoms with van der Waals surface area (Å²) in [7, 11) is 0. The Morgan fingerprint density at radius 2 is 2.05 bits per heavy atom. The van der Waals surface area contributed by atoms with Gasteiger partial charge in [-0.2, -0.15) is 0 Å². The molecule has 1 heterocycles. The summed E-state index contributed by atoms with van der Waals surface area (Å²) in [6, 6.07) is 9.88. The Morgan fingerprint density at radius 3 is 2.67 bits per heavy atom. The summed E-state index contributed by atoms with van der Waals surface area (Å²) in [6.45, 7) is 0.257. The van der Waals surface area contributed by atoms with Gasteiger partial charge < -0.3 is 15.7 Å². The van der Waals surface area contributed by atoms with Crippen molar-refractivity contribution in [2.45, 2.75) is 6.54 Å². The van der Waals surface area contributed by atoms with Crippen molar-refractivity contribution >= 4 is 33.6 Å². The highest BCUT2D eigenvalue weighted by Crippen LogP contribution is 2.15. The highest BCUT2D eigenvalue weighted by atomic mass is 79.9. The van der Waals surface area contributed by atoms with Crippen LogP contribution in [0.3, 0.4) is 0 Å². The Hall–Kier alpha value is -2.41. The molecular formula is C14H12BrN3O3. The molecule has 2 rings (SSSR count). The van der Waals surface area contributed by atoms with E-state index in [0.29, 0.717) is 11.3 Å². The summed E-state index contributed by atoms with van der Waals surface area (Å²) in [5.41, 5.74) is 1.35. The lowest BCUT2D eigenvalue weighted by Gasteiger charge is -2.08. The molecule has 6 nitrogen and oxygen atoms in total. The zero-order valence-electron chi connectivity index (χ0n) is 10.8. The molecule has 108 valence electrons. The third kappa shape index (κ3) is 4.57. The van der Waals surface area contributed by atoms with E-state index in [1.807, 2.05) is 12.1 Å². The molecule has 0 saturated heterocycles. The van der Waals surface area contributed by atoms with Gasteiger partial charge in [-0.25, -0.2) is 14.6 Å². The molecule has 0 radical (unpaired) electrons. The molecule has 0 aliphatic heterocycles. The van der Waals surface area contributed by atoms with Crippen molar-refractivity contribution in [3.8, 4) is 0 Å². The van der Waals surface area contributed by atoms with Gasteiger partial charge in [-0.15, -0.1) is 0 Å². The van der Waals surface area contributed by atoms with E-state index in [0.717, 1.165) is 4.47 Å². The molecule has 0 aliphatic rings. The number of rotatable bonds is 4. The number of hydrogen-bond donors (Lipinski definition) is 3. The first kappa shape index (κ1) is 15.0. The van der Waals surface area contributed by atoms with Crippen LogP contribution in [0.4, 0.5) is 10.5 Å². The van der Waals surface area contributed by atoms with Crippen LogP contribution in [0.1, 0.15) is 16.1 Å². The number of amides is 2. The smallest absolute Gasteiger partial charge is 0.354 e. The van der Waals surface area contributed by atoms with Crippen LogP contribution < -0.4 is 10.6 Å². The number of carboxylic acid groups (broad SMARTS) is 1. The third-order valence-electron chi connectivity index (χ3n) is 2.58. The summed E-state index contributed by atoms with van der Waals surface area (Å²) < 4.78 is 0.869. The average Bonchev–Trinajstić information content (AvgIpc) is 2.45. The highest BCUT2D eigenvalue weighted by Gasteiger charge is 2.05. The van der Waals surface area contributed by atoms with E-state index in [-0.39, 0.29) is 18.3 Å². The van der Waals surface area contributed by atoms with Gasteiger partial charge in [-0.3, -0.25) is 0 Å². The minimum absolute atomic E-state index is 0.0302. The molecule has 2 amide bonds. The Balaban J connectivity index is 1.87. The van der Waals surface area contributed by atoms with Crippen molar-refractivity contribution in [1.29, 1.82) is 0 Å². The minimum Gasteiger partial charge on any atom is -0.477 e. The molecule has 0 saturated carbocycles. The SMILES string of the molecule is O=C(NCc1ccc(C(=O)O)nc1)Nc1cccc(Br)c1. The van der Waals surface area contributed by atoms with Crippen LogP contribution >= 0.6 is 15.9 Å². The fourth-order valence-electron chi connectivity index (χ4n) is 1.58. The molecule has 0 aliphatic carbocycles. The third-order valence-corrected chi connectivity index (χ3v) is 3.07. The quantitative estimate of drug-likeness (QED) is 0.791. The van der Waals surface area contributed by atoms with E-state index < -0.39 is 5.97 Å². The molecule has 3 N–H and O–H groups in total. The van der Waals surface area contributed by atoms with Crippen LogP contribution in [0, 0.1) is 0 Å². The van der Waals surface area contributed by atoms with Crippen molar-refractivity contribution < 1.29 is 14.7 Å². The fraction of sp³-hybridized carbons (Fsp3) is 0.0714. The number of benzene rings is 1. The number of urea groups is 1. The van der Waals surface area contributed by atoms with Gasteiger partial charge in [0.05, 0.1) is 0 Å². The van der Waals surface area contributed by atoms with E-state index in [4.69, 9.17) is 5.11 Å². The number of pyridine rings is 1. The summed E-state index contributed by atoms with van der Waals surface area (Å²) in [6.07, 6.45) is 1.42. The number of aromatic carboxylic acids is 1. The van der Waals surface area contributed by atoms with Gasteiger partial charge in [0.15, 0.2) is 0 Å². The number of nitrogens with zero attached hydrogens (tertiary/aromatic N) is 1. The number of halogens is 1. The van der Waals surface area contributed by atoms with Crippen LogP contribution in [0.15, 0.2) is 47.1 Å². The van der Waals surface area contributed by atoms with Gasteiger partial charge in [0.2, 0.25) is 0 Å². The number of carbonyl (C=O) groups is 2. The molecule has 0 atom stereocenters. The van der Waals surface area contributed by atoms with Gasteiger partial charge in [0.25, 0.3) is 0 Å². The van der Waals surface area contributed by atoms with E-state index in [2.05, 4.69) is 31.5 Å². The van der Waals surface area contributed by atoms with Crippen LogP contribution in [-0.2, 0) is 6.54 Å². The number of hydrogen-bond acceptors (Lipinski definition) is 3. The minimum atomic E-state index is -1.08. The predicted octanol–water partition coefficient (Wildman–Crippen LogP) is 2.86. The number of aromatic nitrogens is 1. The van der Waals surface area contributed by atoms with Crippen molar-refractivity contribution in [2.75, 3.05) is 5.32 Å². The Bertz CT molecular complexity index is 659. The molecule has 1 aromatic heterocycles. The fourth-order valence-corrected chi connectivity index (χ4v) is 1.98. The van der Waals surface area contributed by atoms with Crippen molar-refractivity contribution in [3.05, 3.63) is 58.3 Å². The maximum Gasteiger partial charge on any atom is 0.354 e. The normalized spacial score (nSPS) is 9.95. The second-order valence-electron chi connectivity index (χ2n) is 4.17. The van der Waals surface area contributed by atoms with E-state index >= 15 is 0 Å². The lowest BCUT2D eigenvalue weighted by atomic mass is 10.2. The average molecular weight is 350 g/mol. The van der Waals surface area contributed by atoms with Crippen LogP contribution in [0.2, 0.25) is 0 Å². The van der Waals surface area contributed by atoms with Gasteiger partial charge in [-0.1, -0.05) is 28.1 Å². The zero-order chi connectivity index (χ0) is 15.2. The Morgan fingerprint density at radius 1 is 1.24 bits per heavy atom. The van der Waals surface area contributed by atoms with Crippen molar-refractivity contribution in [1.82, 2.24) is 10.3 Å². The molecule has 0 bridgehead atoms. The van der Waals surface area contributed by atoms with E-state index in [9.17, 15) is 9.59 Å². The Labute approximate surface area is 129 Å². The largest absolute Gasteiger partial charge is 0.477 e. The monoisotopic (exact) mass is 349 g/mol. The summed E-state index contributed by atoms with van der Waals surface area (Å²) in [5, 5.41) is 14.1. The summed E-state index contributed by atoms with van der Waals surface area (Å²) >= 11 is 3.32. The molecule has 1 aromatic carbocycles. The Kier molecular flexibility index (Phi) is 4.89. The van der Waals surface area contributed by atoms with Gasteiger partial charge in [0, 0.05) is 22.9 Å². The molecule has 2 aromatic rings. The van der Waals surface area contributed by atoms with Crippen molar-refractivity contribution in [2.24, 2.45) is 0 Å².